The van der Waals surface area contributed by atoms with Gasteiger partial charge in [-0.05, 0) is 33.1 Å². The smallest absolute Gasteiger partial charge is 0.0248 e. The topological polar surface area (TPSA) is 0 Å². The molecule has 0 spiro atoms. The van der Waals surface area contributed by atoms with Gasteiger partial charge in [0.25, 0.3) is 0 Å². The molecule has 13 heavy (non-hydrogen) atoms. The van der Waals surface area contributed by atoms with Crippen molar-refractivity contribution in [2.24, 2.45) is 0 Å². The van der Waals surface area contributed by atoms with Crippen molar-refractivity contribution in [3.63, 3.8) is 0 Å². The fourth-order valence-electron chi connectivity index (χ4n) is 1.25. The van der Waals surface area contributed by atoms with Crippen molar-refractivity contribution in [2.45, 2.75) is 46.5 Å². The SMILES string of the molecule is C=CC(=C)CCC(C)=C(C)CCC. The molecule has 0 heteroatoms. The minimum absolute atomic E-state index is 1.05. The van der Waals surface area contributed by atoms with Crippen molar-refractivity contribution in [3.8, 4) is 0 Å². The summed E-state index contributed by atoms with van der Waals surface area (Å²) in [7, 11) is 0. The van der Waals surface area contributed by atoms with E-state index in [9.17, 15) is 0 Å². The van der Waals surface area contributed by atoms with E-state index >= 15 is 0 Å². The van der Waals surface area contributed by atoms with Crippen LogP contribution < -0.4 is 0 Å². The highest BCUT2D eigenvalue weighted by molar-refractivity contribution is 5.16. The predicted octanol–water partition coefficient (Wildman–Crippen LogP) is 4.65. The molecule has 0 aromatic rings. The lowest BCUT2D eigenvalue weighted by Gasteiger charge is -2.06. The lowest BCUT2D eigenvalue weighted by atomic mass is 10.0. The van der Waals surface area contributed by atoms with Crippen LogP contribution in [0.4, 0.5) is 0 Å². The molecule has 0 amide bonds. The van der Waals surface area contributed by atoms with Gasteiger partial charge in [-0.2, -0.15) is 0 Å². The summed E-state index contributed by atoms with van der Waals surface area (Å²) in [5, 5.41) is 0. The summed E-state index contributed by atoms with van der Waals surface area (Å²) in [6.45, 7) is 14.3. The van der Waals surface area contributed by atoms with E-state index in [4.69, 9.17) is 0 Å². The van der Waals surface area contributed by atoms with Crippen LogP contribution in [-0.4, -0.2) is 0 Å². The molecule has 0 N–H and O–H groups in total. The molecule has 0 aromatic carbocycles. The molecule has 0 aromatic heterocycles. The van der Waals surface area contributed by atoms with E-state index < -0.39 is 0 Å². The van der Waals surface area contributed by atoms with Crippen molar-refractivity contribution in [1.82, 2.24) is 0 Å². The van der Waals surface area contributed by atoms with Crippen molar-refractivity contribution in [1.29, 1.82) is 0 Å². The van der Waals surface area contributed by atoms with E-state index in [0.29, 0.717) is 0 Å². The Labute approximate surface area is 83.0 Å². The van der Waals surface area contributed by atoms with Gasteiger partial charge in [0.2, 0.25) is 0 Å². The Bertz CT molecular complexity index is 206. The summed E-state index contributed by atoms with van der Waals surface area (Å²) < 4.78 is 0. The summed E-state index contributed by atoms with van der Waals surface area (Å²) in [4.78, 5) is 0. The molecule has 0 nitrogen and oxygen atoms in total. The van der Waals surface area contributed by atoms with Gasteiger partial charge in [-0.25, -0.2) is 0 Å². The molecule has 0 bridgehead atoms. The number of hydrogen-bond donors (Lipinski definition) is 0. The lowest BCUT2D eigenvalue weighted by Crippen LogP contribution is -1.86. The first-order valence-electron chi connectivity index (χ1n) is 5.07. The van der Waals surface area contributed by atoms with Crippen LogP contribution in [0.25, 0.3) is 0 Å². The molecule has 0 saturated carbocycles. The monoisotopic (exact) mass is 178 g/mol. The van der Waals surface area contributed by atoms with Crippen LogP contribution in [0.1, 0.15) is 46.5 Å². The van der Waals surface area contributed by atoms with Crippen LogP contribution in [0.2, 0.25) is 0 Å². The molecule has 0 saturated heterocycles. The van der Waals surface area contributed by atoms with Gasteiger partial charge in [-0.15, -0.1) is 0 Å². The fraction of sp³-hybridized carbons (Fsp3) is 0.538. The van der Waals surface area contributed by atoms with Crippen LogP contribution in [0.5, 0.6) is 0 Å². The van der Waals surface area contributed by atoms with E-state index in [-0.39, 0.29) is 0 Å². The number of allylic oxidation sites excluding steroid dienone is 4. The second kappa shape index (κ2) is 6.71. The third kappa shape index (κ3) is 5.46. The summed E-state index contributed by atoms with van der Waals surface area (Å²) in [5.41, 5.74) is 4.20. The fourth-order valence-corrected chi connectivity index (χ4v) is 1.25. The lowest BCUT2D eigenvalue weighted by molar-refractivity contribution is 0.852. The van der Waals surface area contributed by atoms with Gasteiger partial charge in [0.15, 0.2) is 0 Å². The van der Waals surface area contributed by atoms with Gasteiger partial charge in [0.1, 0.15) is 0 Å². The Morgan fingerprint density at radius 2 is 1.62 bits per heavy atom. The Hall–Kier alpha value is -0.780. The first-order valence-corrected chi connectivity index (χ1v) is 5.07. The number of rotatable bonds is 6. The van der Waals surface area contributed by atoms with Crippen LogP contribution in [-0.2, 0) is 0 Å². The van der Waals surface area contributed by atoms with Crippen molar-refractivity contribution < 1.29 is 0 Å². The third-order valence-corrected chi connectivity index (χ3v) is 2.46. The molecular formula is C13H22. The Balaban J connectivity index is 3.97. The Kier molecular flexibility index (Phi) is 6.30. The van der Waals surface area contributed by atoms with Gasteiger partial charge in [-0.1, -0.05) is 49.3 Å². The first kappa shape index (κ1) is 12.2. The maximum Gasteiger partial charge on any atom is -0.0248 e. The zero-order chi connectivity index (χ0) is 10.3. The van der Waals surface area contributed by atoms with Crippen molar-refractivity contribution in [3.05, 3.63) is 36.0 Å². The molecule has 0 heterocycles. The Morgan fingerprint density at radius 3 is 2.08 bits per heavy atom. The first-order chi connectivity index (χ1) is 6.11. The summed E-state index contributed by atoms with van der Waals surface area (Å²) >= 11 is 0. The van der Waals surface area contributed by atoms with Crippen LogP contribution in [0.15, 0.2) is 36.0 Å². The minimum atomic E-state index is 1.05. The molecule has 0 rings (SSSR count). The minimum Gasteiger partial charge on any atom is -0.0988 e. The van der Waals surface area contributed by atoms with Gasteiger partial charge in [-0.3, -0.25) is 0 Å². The van der Waals surface area contributed by atoms with E-state index in [2.05, 4.69) is 33.9 Å². The van der Waals surface area contributed by atoms with Crippen LogP contribution in [0, 0.1) is 0 Å². The average molecular weight is 178 g/mol. The highest BCUT2D eigenvalue weighted by atomic mass is 14.0. The normalized spacial score (nSPS) is 12.2. The second-order valence-corrected chi connectivity index (χ2v) is 3.67. The maximum absolute atomic E-state index is 3.91. The molecule has 0 aliphatic heterocycles. The van der Waals surface area contributed by atoms with Gasteiger partial charge < -0.3 is 0 Å². The summed E-state index contributed by atoms with van der Waals surface area (Å²) in [6, 6.07) is 0. The quantitative estimate of drug-likeness (QED) is 0.410. The molecule has 0 unspecified atom stereocenters. The zero-order valence-corrected chi connectivity index (χ0v) is 9.32. The van der Waals surface area contributed by atoms with Crippen LogP contribution >= 0.6 is 0 Å². The highest BCUT2D eigenvalue weighted by Crippen LogP contribution is 2.17. The third-order valence-electron chi connectivity index (χ3n) is 2.46. The molecule has 0 aliphatic carbocycles. The summed E-state index contributed by atoms with van der Waals surface area (Å²) in [6.07, 6.45) is 6.51. The van der Waals surface area contributed by atoms with Crippen molar-refractivity contribution >= 4 is 0 Å². The maximum atomic E-state index is 3.91. The van der Waals surface area contributed by atoms with Gasteiger partial charge in [0, 0.05) is 0 Å². The Morgan fingerprint density at radius 1 is 1.08 bits per heavy atom. The van der Waals surface area contributed by atoms with E-state index in [1.807, 2.05) is 6.08 Å². The predicted molar refractivity (Wildman–Crippen MR) is 61.9 cm³/mol. The van der Waals surface area contributed by atoms with E-state index in [1.54, 1.807) is 5.57 Å². The second-order valence-electron chi connectivity index (χ2n) is 3.67. The van der Waals surface area contributed by atoms with Crippen LogP contribution in [0.3, 0.4) is 0 Å². The van der Waals surface area contributed by atoms with Gasteiger partial charge >= 0.3 is 0 Å². The average Bonchev–Trinajstić information content (AvgIpc) is 2.13. The number of hydrogen-bond acceptors (Lipinski definition) is 0. The van der Waals surface area contributed by atoms with Gasteiger partial charge in [0.05, 0.1) is 0 Å². The highest BCUT2D eigenvalue weighted by Gasteiger charge is 1.97. The zero-order valence-electron chi connectivity index (χ0n) is 9.32. The largest absolute Gasteiger partial charge is 0.0988 e. The van der Waals surface area contributed by atoms with E-state index in [0.717, 1.165) is 18.4 Å². The molecule has 0 aliphatic rings. The van der Waals surface area contributed by atoms with E-state index in [1.165, 1.54) is 18.4 Å². The summed E-state index contributed by atoms with van der Waals surface area (Å²) in [5.74, 6) is 0. The van der Waals surface area contributed by atoms with Crippen molar-refractivity contribution in [2.75, 3.05) is 0 Å². The molecule has 0 fully saturated rings. The molecule has 74 valence electrons. The molecular weight excluding hydrogens is 156 g/mol. The standard InChI is InChI=1S/C13H22/c1-6-8-12(4)13(5)10-9-11(3)7-2/h7H,2-3,6,8-10H2,1,4-5H3. The molecule has 0 radical (unpaired) electrons. The molecule has 0 atom stereocenters.